The lowest BCUT2D eigenvalue weighted by Crippen LogP contribution is -2.47. The number of Topliss-reactive ketones (excluding diaryl/α,β-unsaturated/α-hetero) is 1. The molecule has 2 aliphatic rings. The number of fused-ring (bicyclic) bond motifs is 2. The summed E-state index contributed by atoms with van der Waals surface area (Å²) in [7, 11) is 0. The molecule has 15 heteroatoms. The van der Waals surface area contributed by atoms with Gasteiger partial charge in [-0.25, -0.2) is 15.0 Å². The lowest BCUT2D eigenvalue weighted by atomic mass is 10.00. The Labute approximate surface area is 258 Å². The fraction of sp³-hybridized carbons (Fsp3) is 0.379. The lowest BCUT2D eigenvalue weighted by Gasteiger charge is -2.27. The predicted octanol–water partition coefficient (Wildman–Crippen LogP) is 4.10. The van der Waals surface area contributed by atoms with Gasteiger partial charge in [0.05, 0.1) is 24.0 Å². The average molecular weight is 669 g/mol. The second-order valence-corrected chi connectivity index (χ2v) is 11.9. The molecule has 3 atom stereocenters. The molecule has 0 radical (unpaired) electrons. The number of ether oxygens (including phenoxy) is 1. The normalized spacial score (nSPS) is 20.7. The zero-order chi connectivity index (χ0) is 31.3. The molecule has 1 saturated heterocycles. The van der Waals surface area contributed by atoms with E-state index in [-0.39, 0.29) is 31.0 Å². The summed E-state index contributed by atoms with van der Waals surface area (Å²) in [6.45, 7) is 1.36. The Morgan fingerprint density at radius 2 is 1.89 bits per heavy atom. The molecule has 1 aliphatic heterocycles. The average Bonchev–Trinajstić information content (AvgIpc) is 3.40. The third kappa shape index (κ3) is 5.56. The van der Waals surface area contributed by atoms with E-state index in [4.69, 9.17) is 0 Å². The van der Waals surface area contributed by atoms with Crippen molar-refractivity contribution in [1.82, 2.24) is 34.6 Å². The summed E-state index contributed by atoms with van der Waals surface area (Å²) in [6, 6.07) is 3.78. The minimum atomic E-state index is -2.97. The number of carbonyl (C=O) groups excluding carboxylic acids is 3. The van der Waals surface area contributed by atoms with Crippen molar-refractivity contribution in [3.05, 3.63) is 58.5 Å². The summed E-state index contributed by atoms with van der Waals surface area (Å²) in [5, 5.41) is 7.72. The van der Waals surface area contributed by atoms with Gasteiger partial charge in [-0.15, -0.1) is 0 Å². The minimum absolute atomic E-state index is 0.150. The molecule has 1 saturated carbocycles. The molecule has 1 unspecified atom stereocenters. The predicted molar refractivity (Wildman–Crippen MR) is 157 cm³/mol. The van der Waals surface area contributed by atoms with Crippen molar-refractivity contribution in [2.45, 2.75) is 58.9 Å². The van der Waals surface area contributed by atoms with Crippen molar-refractivity contribution in [3.63, 3.8) is 0 Å². The summed E-state index contributed by atoms with van der Waals surface area (Å²) in [5.74, 6) is -0.333. The first-order valence-electron chi connectivity index (χ1n) is 13.8. The summed E-state index contributed by atoms with van der Waals surface area (Å²) < 4.78 is 32.5. The molecule has 44 heavy (non-hydrogen) atoms. The molecule has 4 aromatic rings. The van der Waals surface area contributed by atoms with E-state index in [2.05, 4.69) is 51.0 Å². The Hall–Kier alpha value is -4.24. The molecule has 12 nitrogen and oxygen atoms in total. The van der Waals surface area contributed by atoms with Crippen molar-refractivity contribution < 1.29 is 27.9 Å². The number of nitrogens with zero attached hydrogens (tertiary/aromatic N) is 7. The Balaban J connectivity index is 1.30. The van der Waals surface area contributed by atoms with Gasteiger partial charge < -0.3 is 15.0 Å². The number of anilines is 1. The summed E-state index contributed by atoms with van der Waals surface area (Å²) >= 11 is 3.29. The maximum Gasteiger partial charge on any atom is 0.345 e. The van der Waals surface area contributed by atoms with Crippen molar-refractivity contribution in [2.24, 2.45) is 5.41 Å². The minimum Gasteiger partial charge on any atom is -0.325 e. The number of hydrogen-bond acceptors (Lipinski definition) is 9. The van der Waals surface area contributed by atoms with E-state index in [1.165, 1.54) is 22.7 Å². The van der Waals surface area contributed by atoms with Crippen LogP contribution >= 0.6 is 15.9 Å². The van der Waals surface area contributed by atoms with Crippen LogP contribution in [0.15, 0.2) is 41.4 Å². The van der Waals surface area contributed by atoms with Crippen molar-refractivity contribution >= 4 is 50.2 Å². The highest BCUT2D eigenvalue weighted by molar-refractivity contribution is 9.10. The number of hydrogen-bond donors (Lipinski definition) is 1. The second-order valence-electron chi connectivity index (χ2n) is 11.1. The molecular formula is C29H27BrF2N8O4. The third-order valence-electron chi connectivity index (χ3n) is 8.14. The number of piperidine rings is 1. The zero-order valence-corrected chi connectivity index (χ0v) is 25.5. The van der Waals surface area contributed by atoms with E-state index in [1.807, 2.05) is 0 Å². The molecule has 2 amide bonds. The van der Waals surface area contributed by atoms with Gasteiger partial charge in [0.2, 0.25) is 11.8 Å². The second kappa shape index (κ2) is 11.4. The standard InChI is InChI=1S/C29H27BrF2N8O4/c1-14-4-5-23(30)36-26(14)37-27(43)20-7-29(13-44-28(31)32)8-22(29)40(20)24(42)12-39-21-11-35-19(17-9-33-16(3)34-10-17)6-18(21)25(38-39)15(2)41/h4-6,9-11,20,22,28H,7-8,12-13H2,1-3H3,(H,36,37,43)/t20-,22?,29-/m0/s1. The molecular weight excluding hydrogens is 642 g/mol. The maximum atomic E-state index is 13.9. The monoisotopic (exact) mass is 668 g/mol. The van der Waals surface area contributed by atoms with Gasteiger partial charge in [-0.3, -0.25) is 24.0 Å². The van der Waals surface area contributed by atoms with Crippen molar-refractivity contribution in [2.75, 3.05) is 11.9 Å². The number of alkyl halides is 2. The van der Waals surface area contributed by atoms with E-state index < -0.39 is 35.9 Å². The number of nitrogens with one attached hydrogen (secondary N) is 1. The van der Waals surface area contributed by atoms with Crippen LogP contribution in [-0.4, -0.2) is 77.5 Å². The van der Waals surface area contributed by atoms with E-state index in [0.29, 0.717) is 50.4 Å². The van der Waals surface area contributed by atoms with Crippen LogP contribution in [0.3, 0.4) is 0 Å². The third-order valence-corrected chi connectivity index (χ3v) is 8.58. The van der Waals surface area contributed by atoms with Crippen LogP contribution in [0.25, 0.3) is 22.2 Å². The van der Waals surface area contributed by atoms with Gasteiger partial charge in [0.15, 0.2) is 5.78 Å². The van der Waals surface area contributed by atoms with Crippen molar-refractivity contribution in [3.8, 4) is 11.3 Å². The number of likely N-dealkylation sites (tertiary alicyclic amines) is 1. The quantitative estimate of drug-likeness (QED) is 0.206. The Bertz CT molecular complexity index is 1800. The zero-order valence-electron chi connectivity index (χ0n) is 23.9. The van der Waals surface area contributed by atoms with Crippen LogP contribution < -0.4 is 5.32 Å². The van der Waals surface area contributed by atoms with Crippen LogP contribution in [0.1, 0.15) is 41.6 Å². The van der Waals surface area contributed by atoms with Crippen LogP contribution in [-0.2, 0) is 20.9 Å². The molecule has 4 aromatic heterocycles. The number of rotatable bonds is 9. The van der Waals surface area contributed by atoms with Crippen LogP contribution in [0.2, 0.25) is 0 Å². The Morgan fingerprint density at radius 1 is 1.14 bits per heavy atom. The van der Waals surface area contributed by atoms with Gasteiger partial charge in [0, 0.05) is 41.7 Å². The number of pyridine rings is 2. The van der Waals surface area contributed by atoms with Gasteiger partial charge in [0.1, 0.15) is 34.5 Å². The summed E-state index contributed by atoms with van der Waals surface area (Å²) in [6.07, 6.45) is 5.34. The highest BCUT2D eigenvalue weighted by atomic mass is 79.9. The molecule has 1 N–H and O–H groups in total. The first kappa shape index (κ1) is 29.8. The highest BCUT2D eigenvalue weighted by Crippen LogP contribution is 2.60. The molecule has 2 fully saturated rings. The molecule has 228 valence electrons. The van der Waals surface area contributed by atoms with Crippen molar-refractivity contribution in [1.29, 1.82) is 0 Å². The summed E-state index contributed by atoms with van der Waals surface area (Å²) in [5.41, 5.74) is 1.72. The number of halogens is 3. The van der Waals surface area contributed by atoms with Crippen LogP contribution in [0.4, 0.5) is 14.6 Å². The molecule has 6 rings (SSSR count). The van der Waals surface area contributed by atoms with Gasteiger partial charge >= 0.3 is 6.61 Å². The Morgan fingerprint density at radius 3 is 2.59 bits per heavy atom. The van der Waals surface area contributed by atoms with Gasteiger partial charge in [0.25, 0.3) is 0 Å². The summed E-state index contributed by atoms with van der Waals surface area (Å²) in [4.78, 5) is 58.6. The fourth-order valence-corrected chi connectivity index (χ4v) is 6.14. The molecule has 1 aliphatic carbocycles. The van der Waals surface area contributed by atoms with Gasteiger partial charge in [-0.1, -0.05) is 6.07 Å². The molecule has 0 aromatic carbocycles. The fourth-order valence-electron chi connectivity index (χ4n) is 5.83. The number of aryl methyl sites for hydroxylation is 2. The topological polar surface area (TPSA) is 145 Å². The molecule has 0 bridgehead atoms. The van der Waals surface area contributed by atoms with E-state index in [1.54, 1.807) is 44.4 Å². The smallest absolute Gasteiger partial charge is 0.325 e. The first-order valence-corrected chi connectivity index (χ1v) is 14.6. The van der Waals surface area contributed by atoms with E-state index >= 15 is 0 Å². The molecule has 0 spiro atoms. The van der Waals surface area contributed by atoms with Gasteiger partial charge in [-0.2, -0.15) is 13.9 Å². The Kier molecular flexibility index (Phi) is 7.70. The van der Waals surface area contributed by atoms with Crippen LogP contribution in [0.5, 0.6) is 0 Å². The lowest BCUT2D eigenvalue weighted by molar-refractivity contribution is -0.141. The highest BCUT2D eigenvalue weighted by Gasteiger charge is 2.67. The number of carbonyl (C=O) groups is 3. The number of amides is 2. The largest absolute Gasteiger partial charge is 0.345 e. The van der Waals surface area contributed by atoms with Crippen LogP contribution in [0, 0.1) is 19.3 Å². The van der Waals surface area contributed by atoms with Gasteiger partial charge in [-0.05, 0) is 60.3 Å². The van der Waals surface area contributed by atoms with E-state index in [9.17, 15) is 23.2 Å². The number of aromatic nitrogens is 6. The maximum absolute atomic E-state index is 13.9. The number of ketones is 1. The van der Waals surface area contributed by atoms with E-state index in [0.717, 1.165) is 0 Å². The molecule has 5 heterocycles. The first-order chi connectivity index (χ1) is 21.0. The SMILES string of the molecule is CC(=O)c1nn(CC(=O)N2C3C[C@]3(COC(F)F)C[C@H]2C(=O)Nc2nc(Br)ccc2C)c2cnc(-c3cnc(C)nc3)cc12.